The average Bonchev–Trinajstić information content (AvgIpc) is 2.36. The van der Waals surface area contributed by atoms with Crippen molar-refractivity contribution in [2.24, 2.45) is 0 Å². The third-order valence-corrected chi connectivity index (χ3v) is 2.62. The SMILES string of the molecule is CC(C)(C)OC(=O)N[C@@H](C(=O)O)C(c1ccccc1)[N+](=O)[O-]. The van der Waals surface area contributed by atoms with E-state index in [-0.39, 0.29) is 5.56 Å². The van der Waals surface area contributed by atoms with Gasteiger partial charge in [0.05, 0.1) is 0 Å². The van der Waals surface area contributed by atoms with E-state index in [1.165, 1.54) is 12.1 Å². The van der Waals surface area contributed by atoms with E-state index in [2.05, 4.69) is 5.32 Å². The molecule has 0 spiro atoms. The normalized spacial score (nSPS) is 13.8. The number of hydrogen-bond acceptors (Lipinski definition) is 5. The number of carbonyl (C=O) groups is 2. The molecule has 0 aliphatic rings. The molecule has 0 saturated carbocycles. The first-order chi connectivity index (χ1) is 10.1. The molecule has 0 aromatic heterocycles. The van der Waals surface area contributed by atoms with Gasteiger partial charge >= 0.3 is 12.1 Å². The van der Waals surface area contributed by atoms with Crippen LogP contribution < -0.4 is 5.32 Å². The van der Waals surface area contributed by atoms with Crippen LogP contribution in [0.5, 0.6) is 0 Å². The van der Waals surface area contributed by atoms with Crippen molar-refractivity contribution in [3.05, 3.63) is 46.0 Å². The molecule has 0 fully saturated rings. The van der Waals surface area contributed by atoms with Crippen LogP contribution in [0.1, 0.15) is 32.4 Å². The van der Waals surface area contributed by atoms with Gasteiger partial charge in [-0.3, -0.25) is 10.1 Å². The highest BCUT2D eigenvalue weighted by Crippen LogP contribution is 2.21. The lowest BCUT2D eigenvalue weighted by molar-refractivity contribution is -0.531. The molecule has 0 saturated heterocycles. The minimum atomic E-state index is -1.74. The second-order valence-corrected chi connectivity index (χ2v) is 5.60. The Hall–Kier alpha value is -2.64. The highest BCUT2D eigenvalue weighted by molar-refractivity contribution is 5.80. The van der Waals surface area contributed by atoms with E-state index in [1.54, 1.807) is 39.0 Å². The van der Waals surface area contributed by atoms with Crippen LogP contribution in [-0.2, 0) is 9.53 Å². The van der Waals surface area contributed by atoms with Crippen molar-refractivity contribution < 1.29 is 24.4 Å². The summed E-state index contributed by atoms with van der Waals surface area (Å²) >= 11 is 0. The molecule has 120 valence electrons. The van der Waals surface area contributed by atoms with Gasteiger partial charge in [0.1, 0.15) is 5.60 Å². The van der Waals surface area contributed by atoms with Gasteiger partial charge in [0.15, 0.2) is 0 Å². The number of ether oxygens (including phenoxy) is 1. The van der Waals surface area contributed by atoms with Gasteiger partial charge in [-0.2, -0.15) is 0 Å². The van der Waals surface area contributed by atoms with Crippen molar-refractivity contribution >= 4 is 12.1 Å². The van der Waals surface area contributed by atoms with Crippen LogP contribution in [0.4, 0.5) is 4.79 Å². The fraction of sp³-hybridized carbons (Fsp3) is 0.429. The van der Waals surface area contributed by atoms with Gasteiger partial charge in [0.25, 0.3) is 6.04 Å². The number of alkyl carbamates (subject to hydrolysis) is 1. The molecule has 1 rings (SSSR count). The van der Waals surface area contributed by atoms with Gasteiger partial charge in [-0.25, -0.2) is 9.59 Å². The summed E-state index contributed by atoms with van der Waals surface area (Å²) in [5, 5.41) is 22.5. The molecule has 0 aliphatic carbocycles. The first-order valence-corrected chi connectivity index (χ1v) is 6.52. The smallest absolute Gasteiger partial charge is 0.408 e. The van der Waals surface area contributed by atoms with E-state index < -0.39 is 34.7 Å². The number of aliphatic carboxylic acids is 1. The molecule has 2 N–H and O–H groups in total. The van der Waals surface area contributed by atoms with E-state index >= 15 is 0 Å². The second-order valence-electron chi connectivity index (χ2n) is 5.60. The van der Waals surface area contributed by atoms with E-state index in [4.69, 9.17) is 4.74 Å². The van der Waals surface area contributed by atoms with Gasteiger partial charge in [0.2, 0.25) is 6.04 Å². The Labute approximate surface area is 127 Å². The monoisotopic (exact) mass is 310 g/mol. The average molecular weight is 310 g/mol. The Morgan fingerprint density at radius 3 is 2.23 bits per heavy atom. The topological polar surface area (TPSA) is 119 Å². The lowest BCUT2D eigenvalue weighted by Crippen LogP contribution is -2.48. The van der Waals surface area contributed by atoms with Crippen molar-refractivity contribution in [1.29, 1.82) is 0 Å². The number of benzene rings is 1. The van der Waals surface area contributed by atoms with Crippen LogP contribution in [0.2, 0.25) is 0 Å². The first kappa shape index (κ1) is 17.4. The number of rotatable bonds is 5. The number of amides is 1. The highest BCUT2D eigenvalue weighted by Gasteiger charge is 2.40. The number of nitro groups is 1. The molecule has 0 heterocycles. The van der Waals surface area contributed by atoms with Gasteiger partial charge in [-0.15, -0.1) is 0 Å². The van der Waals surface area contributed by atoms with Gasteiger partial charge in [0, 0.05) is 10.5 Å². The maximum Gasteiger partial charge on any atom is 0.408 e. The summed E-state index contributed by atoms with van der Waals surface area (Å²) in [6, 6.07) is 4.26. The summed E-state index contributed by atoms with van der Waals surface area (Å²) in [4.78, 5) is 33.6. The zero-order valence-electron chi connectivity index (χ0n) is 12.5. The van der Waals surface area contributed by atoms with Crippen LogP contribution >= 0.6 is 0 Å². The summed E-state index contributed by atoms with van der Waals surface area (Å²) in [6.07, 6.45) is -1.03. The van der Waals surface area contributed by atoms with E-state index in [0.717, 1.165) is 0 Å². The predicted molar refractivity (Wildman–Crippen MR) is 77.0 cm³/mol. The summed E-state index contributed by atoms with van der Waals surface area (Å²) in [5.41, 5.74) is -0.666. The highest BCUT2D eigenvalue weighted by atomic mass is 16.6. The molecule has 1 amide bonds. The third-order valence-electron chi connectivity index (χ3n) is 2.62. The molecule has 1 unspecified atom stereocenters. The third kappa shape index (κ3) is 5.04. The maximum atomic E-state index is 11.7. The number of nitrogens with zero attached hydrogens (tertiary/aromatic N) is 1. The van der Waals surface area contributed by atoms with Crippen LogP contribution in [0.3, 0.4) is 0 Å². The number of hydrogen-bond donors (Lipinski definition) is 2. The lowest BCUT2D eigenvalue weighted by atomic mass is 10.00. The Balaban J connectivity index is 3.04. The lowest BCUT2D eigenvalue weighted by Gasteiger charge is -2.23. The van der Waals surface area contributed by atoms with Gasteiger partial charge in [-0.1, -0.05) is 30.3 Å². The largest absolute Gasteiger partial charge is 0.480 e. The minimum absolute atomic E-state index is 0.177. The van der Waals surface area contributed by atoms with Gasteiger partial charge < -0.3 is 15.2 Å². The first-order valence-electron chi connectivity index (χ1n) is 6.52. The van der Waals surface area contributed by atoms with Crippen molar-refractivity contribution in [3.8, 4) is 0 Å². The summed E-state index contributed by atoms with van der Waals surface area (Å²) in [6.45, 7) is 4.81. The zero-order valence-corrected chi connectivity index (χ0v) is 12.5. The van der Waals surface area contributed by atoms with E-state index in [1.807, 2.05) is 0 Å². The van der Waals surface area contributed by atoms with E-state index in [9.17, 15) is 24.8 Å². The summed E-state index contributed by atoms with van der Waals surface area (Å²) < 4.78 is 4.95. The number of carboxylic acids is 1. The molecule has 8 heteroatoms. The van der Waals surface area contributed by atoms with Crippen LogP contribution in [-0.4, -0.2) is 33.7 Å². The molecule has 0 bridgehead atoms. The van der Waals surface area contributed by atoms with E-state index in [0.29, 0.717) is 0 Å². The fourth-order valence-corrected chi connectivity index (χ4v) is 1.80. The molecule has 0 aliphatic heterocycles. The van der Waals surface area contributed by atoms with Gasteiger partial charge in [-0.05, 0) is 20.8 Å². The summed E-state index contributed by atoms with van der Waals surface area (Å²) in [5.74, 6) is -1.52. The quantitative estimate of drug-likeness (QED) is 0.634. The Morgan fingerprint density at radius 1 is 1.27 bits per heavy atom. The molecular weight excluding hydrogens is 292 g/mol. The Kier molecular flexibility index (Phi) is 5.44. The second kappa shape index (κ2) is 6.88. The number of nitrogens with one attached hydrogen (secondary N) is 1. The zero-order chi connectivity index (χ0) is 16.9. The standard InChI is InChI=1S/C14H18N2O6/c1-14(2,3)22-13(19)15-10(12(17)18)11(16(20)21)9-7-5-4-6-8-9/h4-8,10-11H,1-3H3,(H,15,19)(H,17,18)/t10-,11?/m1/s1. The molecule has 8 nitrogen and oxygen atoms in total. The van der Waals surface area contributed by atoms with Crippen molar-refractivity contribution in [2.75, 3.05) is 0 Å². The van der Waals surface area contributed by atoms with Crippen molar-refractivity contribution in [2.45, 2.75) is 38.5 Å². The van der Waals surface area contributed by atoms with Crippen LogP contribution in [0.15, 0.2) is 30.3 Å². The maximum absolute atomic E-state index is 11.7. The van der Waals surface area contributed by atoms with Crippen molar-refractivity contribution in [1.82, 2.24) is 5.32 Å². The van der Waals surface area contributed by atoms with Crippen LogP contribution in [0.25, 0.3) is 0 Å². The number of carbonyl (C=O) groups excluding carboxylic acids is 1. The fourth-order valence-electron chi connectivity index (χ4n) is 1.80. The minimum Gasteiger partial charge on any atom is -0.480 e. The molecule has 1 aromatic rings. The number of carboxylic acid groups (broad SMARTS) is 1. The molecule has 2 atom stereocenters. The van der Waals surface area contributed by atoms with Crippen molar-refractivity contribution in [3.63, 3.8) is 0 Å². The summed E-state index contributed by atoms with van der Waals surface area (Å²) in [7, 11) is 0. The molecule has 22 heavy (non-hydrogen) atoms. The Bertz CT molecular complexity index is 552. The molecular formula is C14H18N2O6. The molecule has 1 aromatic carbocycles. The van der Waals surface area contributed by atoms with Crippen LogP contribution in [0, 0.1) is 10.1 Å². The Morgan fingerprint density at radius 2 is 1.82 bits per heavy atom. The molecule has 0 radical (unpaired) electrons. The predicted octanol–water partition coefficient (Wildman–Crippen LogP) is 1.98.